The number of likely N-dealkylation sites (N-methyl/N-ethyl adjacent to an activating group) is 1. The molecule has 5 heteroatoms. The molecule has 0 aliphatic carbocycles. The summed E-state index contributed by atoms with van der Waals surface area (Å²) in [6.45, 7) is 3.87. The molecule has 1 fully saturated rings. The second kappa shape index (κ2) is 4.87. The van der Waals surface area contributed by atoms with Crippen molar-refractivity contribution in [3.05, 3.63) is 0 Å². The van der Waals surface area contributed by atoms with E-state index in [0.29, 0.717) is 0 Å². The van der Waals surface area contributed by atoms with Gasteiger partial charge in [0, 0.05) is 26.2 Å². The van der Waals surface area contributed by atoms with E-state index in [0.717, 1.165) is 26.2 Å². The molecule has 0 N–H and O–H groups in total. The molecule has 1 aliphatic rings. The molecule has 1 aliphatic heterocycles. The molecule has 1 saturated heterocycles. The van der Waals surface area contributed by atoms with Gasteiger partial charge in [-0.25, -0.2) is 4.79 Å². The Hall–Kier alpha value is -1.03. The van der Waals surface area contributed by atoms with Gasteiger partial charge in [0.25, 0.3) is 5.91 Å². The highest BCUT2D eigenvalue weighted by Crippen LogP contribution is 1.98. The van der Waals surface area contributed by atoms with Gasteiger partial charge in [-0.2, -0.15) is 0 Å². The number of piperazine rings is 1. The van der Waals surface area contributed by atoms with Crippen molar-refractivity contribution in [1.82, 2.24) is 9.80 Å². The lowest BCUT2D eigenvalue weighted by Crippen LogP contribution is -2.46. The second-order valence-electron chi connectivity index (χ2n) is 3.18. The zero-order valence-corrected chi connectivity index (χ0v) is 7.69. The molecule has 0 spiro atoms. The maximum absolute atomic E-state index is 10.9. The lowest BCUT2D eigenvalue weighted by Gasteiger charge is -2.31. The van der Waals surface area contributed by atoms with Crippen molar-refractivity contribution in [1.29, 1.82) is 0 Å². The average molecular weight is 183 g/mol. The molecule has 0 bridgehead atoms. The van der Waals surface area contributed by atoms with Crippen LogP contribution in [0.15, 0.2) is 4.99 Å². The maximum atomic E-state index is 10.9. The first kappa shape index (κ1) is 10.1. The van der Waals surface area contributed by atoms with Gasteiger partial charge < -0.3 is 4.90 Å². The molecular weight excluding hydrogens is 170 g/mol. The summed E-state index contributed by atoms with van der Waals surface area (Å²) in [5.41, 5.74) is 0. The quantitative estimate of drug-likeness (QED) is 0.411. The van der Waals surface area contributed by atoms with Crippen molar-refractivity contribution in [2.75, 3.05) is 39.8 Å². The van der Waals surface area contributed by atoms with E-state index in [1.807, 2.05) is 11.9 Å². The highest BCUT2D eigenvalue weighted by atomic mass is 16.2. The first-order valence-corrected chi connectivity index (χ1v) is 4.24. The normalized spacial score (nSPS) is 19.5. The van der Waals surface area contributed by atoms with Crippen LogP contribution >= 0.6 is 0 Å². The van der Waals surface area contributed by atoms with Crippen LogP contribution in [0.5, 0.6) is 0 Å². The Bertz CT molecular complexity index is 228. The number of nitrogens with zero attached hydrogens (tertiary/aromatic N) is 3. The van der Waals surface area contributed by atoms with Gasteiger partial charge in [0.2, 0.25) is 6.08 Å². The van der Waals surface area contributed by atoms with E-state index in [1.54, 1.807) is 0 Å². The summed E-state index contributed by atoms with van der Waals surface area (Å²) in [5, 5.41) is 0. The summed E-state index contributed by atoms with van der Waals surface area (Å²) in [7, 11) is 2.04. The summed E-state index contributed by atoms with van der Waals surface area (Å²) in [4.78, 5) is 27.9. The zero-order valence-electron chi connectivity index (χ0n) is 7.69. The van der Waals surface area contributed by atoms with Gasteiger partial charge in [-0.3, -0.25) is 9.69 Å². The molecule has 0 aromatic heterocycles. The van der Waals surface area contributed by atoms with Gasteiger partial charge in [0.1, 0.15) is 0 Å². The second-order valence-corrected chi connectivity index (χ2v) is 3.18. The predicted octanol–water partition coefficient (Wildman–Crippen LogP) is -0.904. The van der Waals surface area contributed by atoms with Crippen molar-refractivity contribution < 1.29 is 9.59 Å². The van der Waals surface area contributed by atoms with Crippen molar-refractivity contribution in [3.63, 3.8) is 0 Å². The third-order valence-electron chi connectivity index (χ3n) is 2.13. The largest absolute Gasteiger partial charge is 0.304 e. The van der Waals surface area contributed by atoms with Crippen LogP contribution in [0.25, 0.3) is 0 Å². The van der Waals surface area contributed by atoms with Crippen LogP contribution in [0.2, 0.25) is 0 Å². The summed E-state index contributed by atoms with van der Waals surface area (Å²) in [6.07, 6.45) is 1.25. The Morgan fingerprint density at radius 3 is 2.54 bits per heavy atom. The van der Waals surface area contributed by atoms with Crippen molar-refractivity contribution in [2.45, 2.75) is 0 Å². The predicted molar refractivity (Wildman–Crippen MR) is 47.1 cm³/mol. The van der Waals surface area contributed by atoms with Crippen molar-refractivity contribution >= 4 is 12.0 Å². The number of amides is 1. The Morgan fingerprint density at radius 2 is 2.00 bits per heavy atom. The van der Waals surface area contributed by atoms with Crippen LogP contribution in [0.4, 0.5) is 0 Å². The van der Waals surface area contributed by atoms with Crippen LogP contribution in [0.1, 0.15) is 0 Å². The summed E-state index contributed by atoms with van der Waals surface area (Å²) in [5.74, 6) is -0.403. The molecule has 72 valence electrons. The monoisotopic (exact) mass is 183 g/mol. The number of carbonyl (C=O) groups excluding carboxylic acids is 2. The van der Waals surface area contributed by atoms with E-state index in [4.69, 9.17) is 0 Å². The van der Waals surface area contributed by atoms with E-state index >= 15 is 0 Å². The summed E-state index contributed by atoms with van der Waals surface area (Å²) >= 11 is 0. The number of aliphatic imine (C=N–C) groups is 1. The van der Waals surface area contributed by atoms with E-state index in [1.165, 1.54) is 6.08 Å². The smallest absolute Gasteiger partial charge is 0.270 e. The van der Waals surface area contributed by atoms with Crippen LogP contribution in [-0.2, 0) is 9.59 Å². The molecule has 0 aromatic rings. The summed E-state index contributed by atoms with van der Waals surface area (Å²) < 4.78 is 0. The van der Waals surface area contributed by atoms with Crippen LogP contribution in [0.3, 0.4) is 0 Å². The average Bonchev–Trinajstić information content (AvgIpc) is 2.09. The van der Waals surface area contributed by atoms with E-state index < -0.39 is 5.91 Å². The first-order valence-electron chi connectivity index (χ1n) is 4.24. The van der Waals surface area contributed by atoms with Crippen molar-refractivity contribution in [3.8, 4) is 0 Å². The van der Waals surface area contributed by atoms with Gasteiger partial charge in [-0.1, -0.05) is 0 Å². The highest BCUT2D eigenvalue weighted by molar-refractivity contribution is 5.83. The van der Waals surface area contributed by atoms with E-state index in [9.17, 15) is 9.59 Å². The van der Waals surface area contributed by atoms with Crippen LogP contribution < -0.4 is 0 Å². The third kappa shape index (κ3) is 3.46. The Balaban J connectivity index is 2.30. The summed E-state index contributed by atoms with van der Waals surface area (Å²) in [6, 6.07) is 0. The Kier molecular flexibility index (Phi) is 3.76. The molecule has 1 amide bonds. The lowest BCUT2D eigenvalue weighted by molar-refractivity contribution is -0.119. The molecule has 0 radical (unpaired) electrons. The zero-order chi connectivity index (χ0) is 9.68. The third-order valence-corrected chi connectivity index (χ3v) is 2.13. The number of hydrogen-bond donors (Lipinski definition) is 0. The van der Waals surface area contributed by atoms with E-state index in [-0.39, 0.29) is 6.54 Å². The Morgan fingerprint density at radius 1 is 1.38 bits per heavy atom. The number of hydrogen-bond acceptors (Lipinski definition) is 4. The van der Waals surface area contributed by atoms with Crippen LogP contribution in [-0.4, -0.2) is 61.6 Å². The SMILES string of the molecule is CN1CCN(CC(=O)N=C=O)CC1. The molecule has 1 heterocycles. The standard InChI is InChI=1S/C8H13N3O2/c1-10-2-4-11(5-3-10)6-8(13)9-7-12/h2-6H2,1H3. The molecule has 13 heavy (non-hydrogen) atoms. The van der Waals surface area contributed by atoms with Gasteiger partial charge in [0.05, 0.1) is 6.54 Å². The molecule has 1 rings (SSSR count). The molecule has 0 aromatic carbocycles. The molecule has 0 unspecified atom stereocenters. The fraction of sp³-hybridized carbons (Fsp3) is 0.750. The van der Waals surface area contributed by atoms with Gasteiger partial charge >= 0.3 is 0 Å². The number of rotatable bonds is 2. The lowest BCUT2D eigenvalue weighted by atomic mass is 10.3. The van der Waals surface area contributed by atoms with Crippen LogP contribution in [0, 0.1) is 0 Å². The highest BCUT2D eigenvalue weighted by Gasteiger charge is 2.15. The van der Waals surface area contributed by atoms with Gasteiger partial charge in [-0.05, 0) is 7.05 Å². The minimum atomic E-state index is -0.403. The van der Waals surface area contributed by atoms with Gasteiger partial charge in [-0.15, -0.1) is 4.99 Å². The fourth-order valence-corrected chi connectivity index (χ4v) is 1.28. The number of isocyanates is 1. The van der Waals surface area contributed by atoms with Gasteiger partial charge in [0.15, 0.2) is 0 Å². The van der Waals surface area contributed by atoms with Crippen molar-refractivity contribution in [2.24, 2.45) is 4.99 Å². The molecule has 5 nitrogen and oxygen atoms in total. The maximum Gasteiger partial charge on any atom is 0.270 e. The minimum absolute atomic E-state index is 0.239. The molecule has 0 atom stereocenters. The van der Waals surface area contributed by atoms with E-state index in [2.05, 4.69) is 9.89 Å². The topological polar surface area (TPSA) is 53.0 Å². The first-order chi connectivity index (χ1) is 6.22. The fourth-order valence-electron chi connectivity index (χ4n) is 1.28. The number of carbonyl (C=O) groups is 1. The Labute approximate surface area is 77.0 Å². The molecule has 0 saturated carbocycles. The minimum Gasteiger partial charge on any atom is -0.304 e. The molecular formula is C8H13N3O2.